The van der Waals surface area contributed by atoms with Gasteiger partial charge >= 0.3 is 0 Å². The highest BCUT2D eigenvalue weighted by atomic mass is 16.5. The van der Waals surface area contributed by atoms with Gasteiger partial charge in [0.25, 0.3) is 5.91 Å². The Balaban J connectivity index is 1.45. The van der Waals surface area contributed by atoms with Crippen molar-refractivity contribution in [3.05, 3.63) is 48.0 Å². The van der Waals surface area contributed by atoms with E-state index in [9.17, 15) is 4.79 Å². The lowest BCUT2D eigenvalue weighted by Crippen LogP contribution is -2.47. The van der Waals surface area contributed by atoms with Crippen molar-refractivity contribution in [2.24, 2.45) is 0 Å². The number of benzene rings is 1. The first-order valence-corrected chi connectivity index (χ1v) is 8.67. The second-order valence-electron chi connectivity index (χ2n) is 6.56. The molecule has 2 aromatic rings. The average Bonchev–Trinajstić information content (AvgIpc) is 3.07. The maximum atomic E-state index is 12.3. The van der Waals surface area contributed by atoms with Gasteiger partial charge in [-0.2, -0.15) is 5.10 Å². The molecular formula is C18H25N5O2. The van der Waals surface area contributed by atoms with Crippen molar-refractivity contribution >= 4 is 5.91 Å². The molecule has 0 aliphatic carbocycles. The van der Waals surface area contributed by atoms with Crippen molar-refractivity contribution in [1.82, 2.24) is 25.0 Å². The minimum atomic E-state index is -0.0401. The second-order valence-corrected chi connectivity index (χ2v) is 6.56. The van der Waals surface area contributed by atoms with E-state index in [2.05, 4.69) is 34.1 Å². The third kappa shape index (κ3) is 5.11. The molecule has 1 aliphatic heterocycles. The minimum absolute atomic E-state index is 0.0401. The van der Waals surface area contributed by atoms with Crippen LogP contribution in [0.5, 0.6) is 0 Å². The number of aromatic nitrogens is 3. The van der Waals surface area contributed by atoms with Crippen molar-refractivity contribution in [3.63, 3.8) is 0 Å². The summed E-state index contributed by atoms with van der Waals surface area (Å²) in [5.41, 5.74) is 1.75. The molecule has 0 radical (unpaired) electrons. The van der Waals surface area contributed by atoms with Gasteiger partial charge in [-0.3, -0.25) is 9.69 Å². The van der Waals surface area contributed by atoms with Crippen LogP contribution in [0.1, 0.15) is 29.8 Å². The molecule has 1 N–H and O–H groups in total. The van der Waals surface area contributed by atoms with Gasteiger partial charge in [0.15, 0.2) is 0 Å². The van der Waals surface area contributed by atoms with Crippen molar-refractivity contribution in [2.45, 2.75) is 32.6 Å². The van der Waals surface area contributed by atoms with Crippen LogP contribution in [0.3, 0.4) is 0 Å². The Labute approximate surface area is 148 Å². The maximum absolute atomic E-state index is 12.3. The molecule has 0 spiro atoms. The largest absolute Gasteiger partial charge is 0.373 e. The van der Waals surface area contributed by atoms with Crippen molar-refractivity contribution in [1.29, 1.82) is 0 Å². The number of nitrogens with zero attached hydrogens (tertiary/aromatic N) is 4. The number of amides is 1. The van der Waals surface area contributed by atoms with Crippen LogP contribution in [0.25, 0.3) is 0 Å². The second kappa shape index (κ2) is 8.22. The molecule has 1 amide bonds. The van der Waals surface area contributed by atoms with E-state index in [1.54, 1.807) is 11.0 Å². The summed E-state index contributed by atoms with van der Waals surface area (Å²) in [6.45, 7) is 8.13. The van der Waals surface area contributed by atoms with Gasteiger partial charge in [0.05, 0.1) is 18.8 Å². The first-order valence-electron chi connectivity index (χ1n) is 8.67. The predicted octanol–water partition coefficient (Wildman–Crippen LogP) is 1.17. The van der Waals surface area contributed by atoms with E-state index < -0.39 is 0 Å². The number of morpholine rings is 1. The zero-order valence-electron chi connectivity index (χ0n) is 14.8. The van der Waals surface area contributed by atoms with Crippen molar-refractivity contribution in [3.8, 4) is 0 Å². The third-order valence-electron chi connectivity index (χ3n) is 4.24. The monoisotopic (exact) mass is 343 g/mol. The van der Waals surface area contributed by atoms with E-state index in [1.807, 2.05) is 24.3 Å². The molecule has 3 rings (SSSR count). The fourth-order valence-electron chi connectivity index (χ4n) is 3.16. The molecule has 1 aromatic carbocycles. The molecule has 25 heavy (non-hydrogen) atoms. The Bertz CT molecular complexity index is 661. The molecule has 1 saturated heterocycles. The van der Waals surface area contributed by atoms with Gasteiger partial charge in [0.2, 0.25) is 0 Å². The van der Waals surface area contributed by atoms with Crippen LogP contribution in [0, 0.1) is 0 Å². The molecule has 2 heterocycles. The van der Waals surface area contributed by atoms with Crippen molar-refractivity contribution < 1.29 is 9.53 Å². The molecule has 7 nitrogen and oxygen atoms in total. The lowest BCUT2D eigenvalue weighted by atomic mass is 10.1. The van der Waals surface area contributed by atoms with Gasteiger partial charge in [-0.05, 0) is 31.5 Å². The first kappa shape index (κ1) is 17.6. The van der Waals surface area contributed by atoms with Gasteiger partial charge in [0, 0.05) is 31.7 Å². The van der Waals surface area contributed by atoms with E-state index in [0.29, 0.717) is 18.7 Å². The zero-order chi connectivity index (χ0) is 17.6. The fourth-order valence-corrected chi connectivity index (χ4v) is 3.16. The van der Waals surface area contributed by atoms with Gasteiger partial charge in [-0.15, -0.1) is 0 Å². The van der Waals surface area contributed by atoms with Crippen LogP contribution < -0.4 is 5.32 Å². The molecule has 0 bridgehead atoms. The molecule has 7 heteroatoms. The van der Waals surface area contributed by atoms with E-state index >= 15 is 0 Å². The average molecular weight is 343 g/mol. The smallest absolute Gasteiger partial charge is 0.251 e. The van der Waals surface area contributed by atoms with E-state index in [-0.39, 0.29) is 18.1 Å². The Morgan fingerprint density at radius 3 is 2.60 bits per heavy atom. The number of hydrogen-bond acceptors (Lipinski definition) is 5. The summed E-state index contributed by atoms with van der Waals surface area (Å²) in [6, 6.07) is 7.59. The summed E-state index contributed by atoms with van der Waals surface area (Å²) in [4.78, 5) is 18.5. The standard InChI is InChI=1S/C18H25N5O2/c1-14-9-22(10-15(2)25-14)8-7-20-18(24)17-5-3-16(4-6-17)11-23-13-19-12-21-23/h3-6,12-15H,7-11H2,1-2H3,(H,20,24). The number of carbonyl (C=O) groups excluding carboxylic acids is 1. The number of hydrogen-bond donors (Lipinski definition) is 1. The highest BCUT2D eigenvalue weighted by Crippen LogP contribution is 2.10. The zero-order valence-corrected chi connectivity index (χ0v) is 14.8. The lowest BCUT2D eigenvalue weighted by molar-refractivity contribution is -0.0672. The predicted molar refractivity (Wildman–Crippen MR) is 94.3 cm³/mol. The van der Waals surface area contributed by atoms with Crippen molar-refractivity contribution in [2.75, 3.05) is 26.2 Å². The van der Waals surface area contributed by atoms with Gasteiger partial charge in [0.1, 0.15) is 12.7 Å². The summed E-state index contributed by atoms with van der Waals surface area (Å²) in [5, 5.41) is 7.07. The molecule has 2 atom stereocenters. The maximum Gasteiger partial charge on any atom is 0.251 e. The lowest BCUT2D eigenvalue weighted by Gasteiger charge is -2.35. The summed E-state index contributed by atoms with van der Waals surface area (Å²) in [7, 11) is 0. The summed E-state index contributed by atoms with van der Waals surface area (Å²) in [6.07, 6.45) is 3.68. The van der Waals surface area contributed by atoms with Crippen LogP contribution in [0.15, 0.2) is 36.9 Å². The Morgan fingerprint density at radius 1 is 1.24 bits per heavy atom. The molecule has 134 valence electrons. The van der Waals surface area contributed by atoms with Crippen LogP contribution in [-0.4, -0.2) is 64.0 Å². The molecule has 1 fully saturated rings. The molecule has 0 saturated carbocycles. The Kier molecular flexibility index (Phi) is 5.78. The number of nitrogens with one attached hydrogen (secondary N) is 1. The van der Waals surface area contributed by atoms with Crippen LogP contribution >= 0.6 is 0 Å². The number of rotatable bonds is 6. The van der Waals surface area contributed by atoms with Gasteiger partial charge < -0.3 is 10.1 Å². The Morgan fingerprint density at radius 2 is 1.96 bits per heavy atom. The number of carbonyl (C=O) groups is 1. The van der Waals surface area contributed by atoms with Crippen LogP contribution in [-0.2, 0) is 11.3 Å². The quantitative estimate of drug-likeness (QED) is 0.852. The van der Waals surface area contributed by atoms with E-state index in [0.717, 1.165) is 25.2 Å². The molecule has 1 aliphatic rings. The SMILES string of the molecule is CC1CN(CCNC(=O)c2ccc(Cn3cncn3)cc2)CC(C)O1. The summed E-state index contributed by atoms with van der Waals surface area (Å²) in [5.74, 6) is -0.0401. The summed E-state index contributed by atoms with van der Waals surface area (Å²) < 4.78 is 7.47. The normalized spacial score (nSPS) is 21.2. The third-order valence-corrected chi connectivity index (χ3v) is 4.24. The molecular weight excluding hydrogens is 318 g/mol. The van der Waals surface area contributed by atoms with E-state index in [4.69, 9.17) is 4.74 Å². The fraction of sp³-hybridized carbons (Fsp3) is 0.500. The minimum Gasteiger partial charge on any atom is -0.373 e. The van der Waals surface area contributed by atoms with E-state index in [1.165, 1.54) is 6.33 Å². The topological polar surface area (TPSA) is 72.3 Å². The van der Waals surface area contributed by atoms with Gasteiger partial charge in [-0.1, -0.05) is 12.1 Å². The molecule has 2 unspecified atom stereocenters. The van der Waals surface area contributed by atoms with Gasteiger partial charge in [-0.25, -0.2) is 9.67 Å². The van der Waals surface area contributed by atoms with Crippen LogP contribution in [0.2, 0.25) is 0 Å². The summed E-state index contributed by atoms with van der Waals surface area (Å²) >= 11 is 0. The highest BCUT2D eigenvalue weighted by molar-refractivity contribution is 5.94. The first-order chi connectivity index (χ1) is 12.1. The van der Waals surface area contributed by atoms with Crippen LogP contribution in [0.4, 0.5) is 0 Å². The Hall–Kier alpha value is -2.25. The highest BCUT2D eigenvalue weighted by Gasteiger charge is 2.21. The molecule has 1 aromatic heterocycles. The number of ether oxygens (including phenoxy) is 1.